The second-order valence-electron chi connectivity index (χ2n) is 3.13. The lowest BCUT2D eigenvalue weighted by Gasteiger charge is -2.13. The predicted molar refractivity (Wildman–Crippen MR) is 54.1 cm³/mol. The number of imidazole rings is 1. The number of carbonyl (C=O) groups excluding carboxylic acids is 1. The Morgan fingerprint density at radius 2 is 2.50 bits per heavy atom. The smallest absolute Gasteiger partial charge is 0.219 e. The van der Waals surface area contributed by atoms with Gasteiger partial charge in [-0.1, -0.05) is 0 Å². The highest BCUT2D eigenvalue weighted by atomic mass is 32.1. The number of hydrogen-bond acceptors (Lipinski definition) is 3. The number of carbonyl (C=O) groups is 1. The molecule has 78 valence electrons. The Morgan fingerprint density at radius 1 is 1.86 bits per heavy atom. The minimum absolute atomic E-state index is 0.115. The fourth-order valence-electron chi connectivity index (χ4n) is 1.40. The maximum absolute atomic E-state index is 10.7. The van der Waals surface area contributed by atoms with Gasteiger partial charge in [0.15, 0.2) is 4.77 Å². The summed E-state index contributed by atoms with van der Waals surface area (Å²) in [5.41, 5.74) is 5.74. The lowest BCUT2D eigenvalue weighted by Crippen LogP contribution is -2.18. The van der Waals surface area contributed by atoms with E-state index >= 15 is 0 Å². The van der Waals surface area contributed by atoms with Crippen molar-refractivity contribution in [2.24, 2.45) is 5.73 Å². The quantitative estimate of drug-likeness (QED) is 0.638. The van der Waals surface area contributed by atoms with Crippen LogP contribution in [-0.4, -0.2) is 20.6 Å². The zero-order valence-electron chi connectivity index (χ0n) is 7.86. The van der Waals surface area contributed by atoms with Crippen LogP contribution in [0.1, 0.15) is 25.1 Å². The molecule has 0 saturated heterocycles. The molecule has 1 aromatic heterocycles. The molecule has 1 rings (SSSR count). The molecule has 4 N–H and O–H groups in total. The summed E-state index contributed by atoms with van der Waals surface area (Å²) >= 11 is 5.01. The van der Waals surface area contributed by atoms with E-state index in [0.29, 0.717) is 10.5 Å². The van der Waals surface area contributed by atoms with Crippen LogP contribution in [0, 0.1) is 4.77 Å². The van der Waals surface area contributed by atoms with Crippen molar-refractivity contribution in [2.45, 2.75) is 26.0 Å². The molecule has 1 aromatic rings. The number of aliphatic hydroxyl groups excluding tert-OH is 1. The number of H-pyrrole nitrogens is 1. The van der Waals surface area contributed by atoms with Gasteiger partial charge in [0.25, 0.3) is 0 Å². The van der Waals surface area contributed by atoms with Gasteiger partial charge >= 0.3 is 0 Å². The first-order valence-corrected chi connectivity index (χ1v) is 4.65. The van der Waals surface area contributed by atoms with Crippen LogP contribution in [0.2, 0.25) is 0 Å². The highest BCUT2D eigenvalue weighted by Crippen LogP contribution is 2.14. The largest absolute Gasteiger partial charge is 0.390 e. The summed E-state index contributed by atoms with van der Waals surface area (Å²) in [4.78, 5) is 13.5. The summed E-state index contributed by atoms with van der Waals surface area (Å²) in [7, 11) is 0. The lowest BCUT2D eigenvalue weighted by molar-refractivity contribution is -0.118. The minimum Gasteiger partial charge on any atom is -0.390 e. The number of aromatic nitrogens is 2. The van der Waals surface area contributed by atoms with Crippen LogP contribution in [0.15, 0.2) is 6.20 Å². The van der Waals surface area contributed by atoms with Crippen LogP contribution in [-0.2, 0) is 11.4 Å². The number of nitrogens with two attached hydrogens (primary N) is 1. The number of hydrogen-bond donors (Lipinski definition) is 3. The second kappa shape index (κ2) is 4.39. The Labute approximate surface area is 86.5 Å². The molecule has 1 amide bonds. The van der Waals surface area contributed by atoms with Crippen molar-refractivity contribution in [3.63, 3.8) is 0 Å². The van der Waals surface area contributed by atoms with Gasteiger partial charge in [-0.05, 0) is 19.1 Å². The molecule has 0 aromatic carbocycles. The summed E-state index contributed by atoms with van der Waals surface area (Å²) in [6.07, 6.45) is 1.83. The summed E-state index contributed by atoms with van der Waals surface area (Å²) in [6.45, 7) is 1.71. The molecule has 6 heteroatoms. The van der Waals surface area contributed by atoms with Gasteiger partial charge in [0.1, 0.15) is 0 Å². The maximum Gasteiger partial charge on any atom is 0.219 e. The molecule has 0 aliphatic rings. The SMILES string of the molecule is CC(CC(N)=O)n1c(CO)c[nH]c1=S. The minimum atomic E-state index is -0.385. The van der Waals surface area contributed by atoms with E-state index in [1.54, 1.807) is 10.8 Å². The normalized spacial score (nSPS) is 12.7. The third-order valence-corrected chi connectivity index (χ3v) is 2.30. The molecule has 0 saturated carbocycles. The second-order valence-corrected chi connectivity index (χ2v) is 3.52. The van der Waals surface area contributed by atoms with E-state index in [0.717, 1.165) is 0 Å². The Hall–Kier alpha value is -1.14. The van der Waals surface area contributed by atoms with E-state index in [2.05, 4.69) is 4.98 Å². The lowest BCUT2D eigenvalue weighted by atomic mass is 10.2. The molecule has 0 aliphatic heterocycles. The number of aliphatic hydroxyl groups is 1. The van der Waals surface area contributed by atoms with E-state index in [1.165, 1.54) is 0 Å². The number of nitrogens with one attached hydrogen (secondary N) is 1. The molecule has 14 heavy (non-hydrogen) atoms. The Bertz CT molecular complexity index is 382. The van der Waals surface area contributed by atoms with Gasteiger partial charge in [0.05, 0.1) is 12.3 Å². The van der Waals surface area contributed by atoms with Crippen molar-refractivity contribution in [1.82, 2.24) is 9.55 Å². The van der Waals surface area contributed by atoms with Crippen LogP contribution >= 0.6 is 12.2 Å². The monoisotopic (exact) mass is 215 g/mol. The first kappa shape index (κ1) is 10.9. The van der Waals surface area contributed by atoms with Gasteiger partial charge in [0, 0.05) is 18.7 Å². The number of amides is 1. The van der Waals surface area contributed by atoms with E-state index < -0.39 is 0 Å². The topological polar surface area (TPSA) is 84.0 Å². The van der Waals surface area contributed by atoms with E-state index in [-0.39, 0.29) is 25.0 Å². The highest BCUT2D eigenvalue weighted by Gasteiger charge is 2.12. The van der Waals surface area contributed by atoms with Gasteiger partial charge in [-0.15, -0.1) is 0 Å². The van der Waals surface area contributed by atoms with Crippen molar-refractivity contribution in [3.05, 3.63) is 16.7 Å². The van der Waals surface area contributed by atoms with Gasteiger partial charge in [-0.3, -0.25) is 4.79 Å². The Balaban J connectivity index is 2.98. The fourth-order valence-corrected chi connectivity index (χ4v) is 1.76. The number of aromatic amines is 1. The Kier molecular flexibility index (Phi) is 3.43. The summed E-state index contributed by atoms with van der Waals surface area (Å²) in [6, 6.07) is -0.131. The van der Waals surface area contributed by atoms with Gasteiger partial charge in [-0.25, -0.2) is 0 Å². The predicted octanol–water partition coefficient (Wildman–Crippen LogP) is 0.474. The van der Waals surface area contributed by atoms with Crippen molar-refractivity contribution < 1.29 is 9.90 Å². The summed E-state index contributed by atoms with van der Waals surface area (Å²) in [5, 5.41) is 9.01. The fraction of sp³-hybridized carbons (Fsp3) is 0.500. The zero-order chi connectivity index (χ0) is 10.7. The molecule has 0 spiro atoms. The molecule has 1 unspecified atom stereocenters. The molecular formula is C8H13N3O2S. The molecule has 5 nitrogen and oxygen atoms in total. The number of primary amides is 1. The van der Waals surface area contributed by atoms with Crippen molar-refractivity contribution in [2.75, 3.05) is 0 Å². The number of nitrogens with zero attached hydrogens (tertiary/aromatic N) is 1. The Morgan fingerprint density at radius 3 is 3.00 bits per heavy atom. The standard InChI is InChI=1S/C8H13N3O2S/c1-5(2-7(9)13)11-6(4-12)3-10-8(11)14/h3,5,12H,2,4H2,1H3,(H2,9,13)(H,10,14). The molecule has 1 atom stereocenters. The molecule has 0 bridgehead atoms. The van der Waals surface area contributed by atoms with Crippen LogP contribution < -0.4 is 5.73 Å². The van der Waals surface area contributed by atoms with Crippen LogP contribution in [0.4, 0.5) is 0 Å². The summed E-state index contributed by atoms with van der Waals surface area (Å²) < 4.78 is 2.18. The van der Waals surface area contributed by atoms with Crippen molar-refractivity contribution >= 4 is 18.1 Å². The van der Waals surface area contributed by atoms with Crippen LogP contribution in [0.25, 0.3) is 0 Å². The molecule has 0 fully saturated rings. The average Bonchev–Trinajstić information content (AvgIpc) is 2.45. The van der Waals surface area contributed by atoms with Crippen molar-refractivity contribution in [3.8, 4) is 0 Å². The molecule has 0 radical (unpaired) electrons. The number of rotatable bonds is 4. The summed E-state index contributed by atoms with van der Waals surface area (Å²) in [5.74, 6) is -0.385. The van der Waals surface area contributed by atoms with Crippen LogP contribution in [0.5, 0.6) is 0 Å². The van der Waals surface area contributed by atoms with E-state index in [1.807, 2.05) is 6.92 Å². The zero-order valence-corrected chi connectivity index (χ0v) is 8.67. The molecule has 0 aliphatic carbocycles. The van der Waals surface area contributed by atoms with Gasteiger partial charge in [0.2, 0.25) is 5.91 Å². The van der Waals surface area contributed by atoms with E-state index in [9.17, 15) is 4.79 Å². The average molecular weight is 215 g/mol. The third kappa shape index (κ3) is 2.21. The van der Waals surface area contributed by atoms with Crippen LogP contribution in [0.3, 0.4) is 0 Å². The molecule has 1 heterocycles. The van der Waals surface area contributed by atoms with Crippen molar-refractivity contribution in [1.29, 1.82) is 0 Å². The first-order chi connectivity index (χ1) is 6.56. The first-order valence-electron chi connectivity index (χ1n) is 4.24. The maximum atomic E-state index is 10.7. The van der Waals surface area contributed by atoms with E-state index in [4.69, 9.17) is 23.1 Å². The van der Waals surface area contributed by atoms with Gasteiger partial charge in [-0.2, -0.15) is 0 Å². The molecular weight excluding hydrogens is 202 g/mol. The highest BCUT2D eigenvalue weighted by molar-refractivity contribution is 7.71. The van der Waals surface area contributed by atoms with Gasteiger partial charge < -0.3 is 20.4 Å². The third-order valence-electron chi connectivity index (χ3n) is 1.99.